The maximum absolute atomic E-state index is 13.3. The number of H-pyrrole nitrogens is 1. The molecular weight excluding hydrogens is 458 g/mol. The van der Waals surface area contributed by atoms with Crippen LogP contribution in [0.15, 0.2) is 33.9 Å². The lowest BCUT2D eigenvalue weighted by Gasteiger charge is -2.16. The van der Waals surface area contributed by atoms with Crippen molar-refractivity contribution in [3.8, 4) is 0 Å². The number of rotatable bonds is 7. The van der Waals surface area contributed by atoms with Crippen molar-refractivity contribution in [2.75, 3.05) is 16.3 Å². The number of aromatic amines is 1. The number of aryl methyl sites for hydroxylation is 1. The fourth-order valence-electron chi connectivity index (χ4n) is 3.51. The van der Waals surface area contributed by atoms with Crippen molar-refractivity contribution < 1.29 is 13.2 Å². The fourth-order valence-corrected chi connectivity index (χ4v) is 4.13. The Labute approximate surface area is 197 Å². The normalized spacial score (nSPS) is 11.9. The minimum absolute atomic E-state index is 0.0174. The first-order valence-electron chi connectivity index (χ1n) is 10.8. The number of nitrogens with one attached hydrogen (secondary N) is 3. The second kappa shape index (κ2) is 9.41. The van der Waals surface area contributed by atoms with Crippen molar-refractivity contribution in [1.29, 1.82) is 0 Å². The summed E-state index contributed by atoms with van der Waals surface area (Å²) in [6, 6.07) is 6.35. The van der Waals surface area contributed by atoms with Crippen LogP contribution in [0.5, 0.6) is 0 Å². The minimum atomic E-state index is -3.51. The standard InChI is InChI=1S/C23H29N5O5S/c1-12(2)11-28-20-19(22(30)26-23(28)31)16(10-17(25-20)13(3)4)21(29)24-15-8-7-14(5)18(9-15)27-34(6,32)33/h7-10,12-13,27H,11H2,1-6H3,(H,24,29)(H,26,30,31). The number of benzene rings is 1. The van der Waals surface area contributed by atoms with Crippen LogP contribution in [0.4, 0.5) is 11.4 Å². The van der Waals surface area contributed by atoms with Gasteiger partial charge in [0.15, 0.2) is 5.65 Å². The molecule has 0 unspecified atom stereocenters. The van der Waals surface area contributed by atoms with Crippen molar-refractivity contribution in [2.24, 2.45) is 5.92 Å². The number of sulfonamides is 1. The average Bonchev–Trinajstić information content (AvgIpc) is 2.71. The van der Waals surface area contributed by atoms with Crippen LogP contribution in [0.25, 0.3) is 11.0 Å². The third-order valence-corrected chi connectivity index (χ3v) is 5.73. The van der Waals surface area contributed by atoms with Gasteiger partial charge in [-0.05, 0) is 42.5 Å². The Hall–Kier alpha value is -3.47. The molecule has 0 atom stereocenters. The number of anilines is 2. The van der Waals surface area contributed by atoms with E-state index in [9.17, 15) is 22.8 Å². The van der Waals surface area contributed by atoms with E-state index in [4.69, 9.17) is 0 Å². The quantitative estimate of drug-likeness (QED) is 0.468. The molecule has 0 aliphatic rings. The molecule has 2 aromatic heterocycles. The zero-order valence-corrected chi connectivity index (χ0v) is 20.8. The van der Waals surface area contributed by atoms with Crippen LogP contribution in [0.1, 0.15) is 55.2 Å². The highest BCUT2D eigenvalue weighted by Crippen LogP contribution is 2.24. The average molecular weight is 488 g/mol. The van der Waals surface area contributed by atoms with E-state index in [2.05, 4.69) is 20.0 Å². The van der Waals surface area contributed by atoms with Crippen molar-refractivity contribution in [3.05, 3.63) is 61.9 Å². The molecule has 3 rings (SSSR count). The third kappa shape index (κ3) is 5.53. The lowest BCUT2D eigenvalue weighted by atomic mass is 10.0. The topological polar surface area (TPSA) is 143 Å². The van der Waals surface area contributed by atoms with Crippen LogP contribution in [0.3, 0.4) is 0 Å². The van der Waals surface area contributed by atoms with Crippen LogP contribution in [-0.2, 0) is 16.6 Å². The molecule has 0 bridgehead atoms. The summed E-state index contributed by atoms with van der Waals surface area (Å²) in [7, 11) is -3.51. The van der Waals surface area contributed by atoms with E-state index in [0.29, 0.717) is 29.2 Å². The molecule has 2 heterocycles. The van der Waals surface area contributed by atoms with E-state index >= 15 is 0 Å². The van der Waals surface area contributed by atoms with Gasteiger partial charge in [-0.3, -0.25) is 23.9 Å². The third-order valence-electron chi connectivity index (χ3n) is 5.14. The number of pyridine rings is 1. The molecule has 182 valence electrons. The first kappa shape index (κ1) is 25.2. The molecule has 0 spiro atoms. The van der Waals surface area contributed by atoms with Gasteiger partial charge in [0.1, 0.15) is 0 Å². The summed E-state index contributed by atoms with van der Waals surface area (Å²) < 4.78 is 27.1. The fraction of sp³-hybridized carbons (Fsp3) is 0.391. The highest BCUT2D eigenvalue weighted by atomic mass is 32.2. The highest BCUT2D eigenvalue weighted by Gasteiger charge is 2.21. The van der Waals surface area contributed by atoms with Crippen LogP contribution in [0, 0.1) is 12.8 Å². The van der Waals surface area contributed by atoms with Crippen molar-refractivity contribution in [3.63, 3.8) is 0 Å². The smallest absolute Gasteiger partial charge is 0.322 e. The van der Waals surface area contributed by atoms with Crippen LogP contribution < -0.4 is 21.3 Å². The summed E-state index contributed by atoms with van der Waals surface area (Å²) >= 11 is 0. The Morgan fingerprint density at radius 2 is 1.82 bits per heavy atom. The van der Waals surface area contributed by atoms with Crippen LogP contribution in [-0.4, -0.2) is 35.1 Å². The van der Waals surface area contributed by atoms with E-state index in [0.717, 1.165) is 6.26 Å². The Kier molecular flexibility index (Phi) is 6.97. The Bertz CT molecular complexity index is 1490. The second-order valence-corrected chi connectivity index (χ2v) is 10.8. The van der Waals surface area contributed by atoms with Gasteiger partial charge < -0.3 is 5.32 Å². The maximum atomic E-state index is 13.3. The second-order valence-electron chi connectivity index (χ2n) is 9.07. The summed E-state index contributed by atoms with van der Waals surface area (Å²) in [5.74, 6) is -0.548. The first-order chi connectivity index (χ1) is 15.8. The predicted octanol–water partition coefficient (Wildman–Crippen LogP) is 2.80. The van der Waals surface area contributed by atoms with E-state index in [1.807, 2.05) is 27.7 Å². The van der Waals surface area contributed by atoms with Gasteiger partial charge in [0.25, 0.3) is 11.5 Å². The number of carbonyl (C=O) groups excluding carboxylic acids is 1. The summed E-state index contributed by atoms with van der Waals surface area (Å²) in [6.45, 7) is 9.72. The monoisotopic (exact) mass is 487 g/mol. The molecule has 0 saturated carbocycles. The summed E-state index contributed by atoms with van der Waals surface area (Å²) in [4.78, 5) is 45.5. The van der Waals surface area contributed by atoms with E-state index in [1.54, 1.807) is 25.1 Å². The largest absolute Gasteiger partial charge is 0.330 e. The molecule has 0 aliphatic carbocycles. The SMILES string of the molecule is Cc1ccc(NC(=O)c2cc(C(C)C)nc3c2c(=O)[nH]c(=O)n3CC(C)C)cc1NS(C)(=O)=O. The zero-order valence-electron chi connectivity index (χ0n) is 20.0. The molecule has 3 aromatic rings. The maximum Gasteiger partial charge on any atom is 0.330 e. The molecular formula is C23H29N5O5S. The molecule has 11 heteroatoms. The highest BCUT2D eigenvalue weighted by molar-refractivity contribution is 7.92. The molecule has 3 N–H and O–H groups in total. The van der Waals surface area contributed by atoms with E-state index < -0.39 is 27.2 Å². The number of hydrogen-bond acceptors (Lipinski definition) is 6. The number of hydrogen-bond donors (Lipinski definition) is 3. The number of aromatic nitrogens is 3. The van der Waals surface area contributed by atoms with Crippen LogP contribution >= 0.6 is 0 Å². The van der Waals surface area contributed by atoms with Crippen molar-refractivity contribution in [1.82, 2.24) is 14.5 Å². The molecule has 34 heavy (non-hydrogen) atoms. The molecule has 0 fully saturated rings. The predicted molar refractivity (Wildman–Crippen MR) is 133 cm³/mol. The van der Waals surface area contributed by atoms with Crippen LogP contribution in [0.2, 0.25) is 0 Å². The first-order valence-corrected chi connectivity index (χ1v) is 12.7. The Morgan fingerprint density at radius 1 is 1.15 bits per heavy atom. The number of nitrogens with zero attached hydrogens (tertiary/aromatic N) is 2. The van der Waals surface area contributed by atoms with Gasteiger partial charge in [-0.15, -0.1) is 0 Å². The van der Waals surface area contributed by atoms with Gasteiger partial charge in [0.2, 0.25) is 10.0 Å². The van der Waals surface area contributed by atoms with Gasteiger partial charge in [-0.2, -0.15) is 0 Å². The molecule has 0 radical (unpaired) electrons. The summed E-state index contributed by atoms with van der Waals surface area (Å²) in [5.41, 5.74) is 0.846. The van der Waals surface area contributed by atoms with E-state index in [-0.39, 0.29) is 28.4 Å². The van der Waals surface area contributed by atoms with Gasteiger partial charge in [0.05, 0.1) is 22.9 Å². The number of amides is 1. The number of carbonyl (C=O) groups is 1. The molecule has 1 amide bonds. The molecule has 0 aliphatic heterocycles. The van der Waals surface area contributed by atoms with Gasteiger partial charge in [0, 0.05) is 17.9 Å². The van der Waals surface area contributed by atoms with Gasteiger partial charge in [-0.25, -0.2) is 18.2 Å². The zero-order chi connectivity index (χ0) is 25.4. The van der Waals surface area contributed by atoms with Gasteiger partial charge >= 0.3 is 5.69 Å². The molecule has 0 saturated heterocycles. The molecule has 10 nitrogen and oxygen atoms in total. The van der Waals surface area contributed by atoms with Crippen molar-refractivity contribution >= 4 is 38.3 Å². The lowest BCUT2D eigenvalue weighted by molar-refractivity contribution is 0.102. The summed E-state index contributed by atoms with van der Waals surface area (Å²) in [6.07, 6.45) is 1.04. The summed E-state index contributed by atoms with van der Waals surface area (Å²) in [5, 5.41) is 2.75. The lowest BCUT2D eigenvalue weighted by Crippen LogP contribution is -2.33. The minimum Gasteiger partial charge on any atom is -0.322 e. The Balaban J connectivity index is 2.17. The Morgan fingerprint density at radius 3 is 2.41 bits per heavy atom. The van der Waals surface area contributed by atoms with Crippen molar-refractivity contribution in [2.45, 2.75) is 47.1 Å². The van der Waals surface area contributed by atoms with Gasteiger partial charge in [-0.1, -0.05) is 33.8 Å². The number of fused-ring (bicyclic) bond motifs is 1. The van der Waals surface area contributed by atoms with E-state index in [1.165, 1.54) is 10.6 Å². The molecule has 1 aromatic carbocycles.